The van der Waals surface area contributed by atoms with Gasteiger partial charge in [-0.3, -0.25) is 9.59 Å². The number of nitrogens with one attached hydrogen (secondary N) is 1. The van der Waals surface area contributed by atoms with E-state index in [4.69, 9.17) is 0 Å². The molecule has 1 aliphatic rings. The van der Waals surface area contributed by atoms with Gasteiger partial charge in [-0.2, -0.15) is 0 Å². The lowest BCUT2D eigenvalue weighted by Gasteiger charge is -2.41. The first kappa shape index (κ1) is 7.05. The van der Waals surface area contributed by atoms with Gasteiger partial charge in [0, 0.05) is 0 Å². The van der Waals surface area contributed by atoms with Crippen molar-refractivity contribution in [2.24, 2.45) is 5.41 Å². The van der Waals surface area contributed by atoms with Crippen LogP contribution in [0.1, 0.15) is 13.8 Å². The highest BCUT2D eigenvalue weighted by molar-refractivity contribution is 5.88. The van der Waals surface area contributed by atoms with Gasteiger partial charge in [-0.1, -0.05) is 0 Å². The summed E-state index contributed by atoms with van der Waals surface area (Å²) < 4.78 is 4.55. The fourth-order valence-electron chi connectivity index (χ4n) is 0.786. The second kappa shape index (κ2) is 1.97. The molecule has 1 fully saturated rings. The topological polar surface area (TPSA) is 55.4 Å². The molecule has 0 aliphatic carbocycles. The maximum absolute atomic E-state index is 10.7. The SMILES string of the molecule is CC1(C)C(=O)NC1OC=O. The number of hydrogen-bond acceptors (Lipinski definition) is 3. The van der Waals surface area contributed by atoms with E-state index in [2.05, 4.69) is 10.1 Å². The second-order valence-corrected chi connectivity index (χ2v) is 2.81. The van der Waals surface area contributed by atoms with Gasteiger partial charge in [0.25, 0.3) is 6.47 Å². The van der Waals surface area contributed by atoms with Gasteiger partial charge >= 0.3 is 0 Å². The molecule has 0 aromatic rings. The van der Waals surface area contributed by atoms with Crippen LogP contribution in [-0.4, -0.2) is 18.6 Å². The monoisotopic (exact) mass is 143 g/mol. The van der Waals surface area contributed by atoms with Crippen molar-refractivity contribution >= 4 is 12.4 Å². The predicted molar refractivity (Wildman–Crippen MR) is 32.9 cm³/mol. The molecule has 0 radical (unpaired) electrons. The van der Waals surface area contributed by atoms with E-state index < -0.39 is 11.6 Å². The van der Waals surface area contributed by atoms with E-state index in [9.17, 15) is 9.59 Å². The number of rotatable bonds is 2. The van der Waals surface area contributed by atoms with Crippen molar-refractivity contribution in [2.45, 2.75) is 20.1 Å². The number of hydrogen-bond donors (Lipinski definition) is 1. The Bertz CT molecular complexity index is 174. The van der Waals surface area contributed by atoms with Crippen molar-refractivity contribution in [3.8, 4) is 0 Å². The first-order valence-electron chi connectivity index (χ1n) is 2.99. The lowest BCUT2D eigenvalue weighted by molar-refractivity contribution is -0.171. The van der Waals surface area contributed by atoms with Gasteiger partial charge in [-0.15, -0.1) is 0 Å². The number of amides is 1. The molecule has 0 saturated carbocycles. The molecule has 0 aromatic heterocycles. The van der Waals surface area contributed by atoms with Crippen molar-refractivity contribution < 1.29 is 14.3 Å². The molecule has 56 valence electrons. The highest BCUT2D eigenvalue weighted by Crippen LogP contribution is 2.29. The van der Waals surface area contributed by atoms with Crippen molar-refractivity contribution in [1.29, 1.82) is 0 Å². The highest BCUT2D eigenvalue weighted by Gasteiger charge is 2.49. The summed E-state index contributed by atoms with van der Waals surface area (Å²) in [4.78, 5) is 20.6. The van der Waals surface area contributed by atoms with Crippen LogP contribution in [0.4, 0.5) is 0 Å². The van der Waals surface area contributed by atoms with Crippen LogP contribution < -0.4 is 5.32 Å². The molecule has 0 bridgehead atoms. The summed E-state index contributed by atoms with van der Waals surface area (Å²) in [6.07, 6.45) is -0.447. The Morgan fingerprint density at radius 2 is 2.30 bits per heavy atom. The van der Waals surface area contributed by atoms with Gasteiger partial charge in [0.05, 0.1) is 5.41 Å². The molecule has 4 heteroatoms. The van der Waals surface area contributed by atoms with Gasteiger partial charge < -0.3 is 10.1 Å². The maximum atomic E-state index is 10.7. The van der Waals surface area contributed by atoms with E-state index in [1.54, 1.807) is 13.8 Å². The fourth-order valence-corrected chi connectivity index (χ4v) is 0.786. The highest BCUT2D eigenvalue weighted by atomic mass is 16.5. The standard InChI is InChI=1S/C6H9NO3/c1-6(2)4(9)7-5(6)10-3-8/h3,5H,1-2H3,(H,7,9). The largest absolute Gasteiger partial charge is 0.443 e. The third-order valence-electron chi connectivity index (χ3n) is 1.69. The van der Waals surface area contributed by atoms with Crippen LogP contribution in [0.2, 0.25) is 0 Å². The van der Waals surface area contributed by atoms with Crippen molar-refractivity contribution in [3.05, 3.63) is 0 Å². The molecular formula is C6H9NO3. The summed E-state index contributed by atoms with van der Waals surface area (Å²) in [5.74, 6) is -0.0839. The Morgan fingerprint density at radius 1 is 1.70 bits per heavy atom. The molecule has 1 heterocycles. The molecule has 1 atom stereocenters. The van der Waals surface area contributed by atoms with E-state index in [0.29, 0.717) is 6.47 Å². The molecule has 1 N–H and O–H groups in total. The molecule has 10 heavy (non-hydrogen) atoms. The summed E-state index contributed by atoms with van der Waals surface area (Å²) in [6.45, 7) is 3.78. The molecule has 1 rings (SSSR count). The average molecular weight is 143 g/mol. The van der Waals surface area contributed by atoms with Gasteiger partial charge in [-0.05, 0) is 13.8 Å². The van der Waals surface area contributed by atoms with E-state index >= 15 is 0 Å². The number of β-lactam (4-membered cyclic amide) rings is 1. The minimum absolute atomic E-state index is 0.0839. The Labute approximate surface area is 58.5 Å². The van der Waals surface area contributed by atoms with Crippen LogP contribution in [-0.2, 0) is 14.3 Å². The van der Waals surface area contributed by atoms with Gasteiger partial charge in [0.2, 0.25) is 5.91 Å². The minimum atomic E-state index is -0.555. The molecular weight excluding hydrogens is 134 g/mol. The molecule has 1 amide bonds. The van der Waals surface area contributed by atoms with Gasteiger partial charge in [0.1, 0.15) is 0 Å². The Hall–Kier alpha value is -1.06. The summed E-state index contributed by atoms with van der Waals surface area (Å²) in [5.41, 5.74) is -0.555. The third-order valence-corrected chi connectivity index (χ3v) is 1.69. The van der Waals surface area contributed by atoms with Gasteiger partial charge in [0.15, 0.2) is 6.23 Å². The smallest absolute Gasteiger partial charge is 0.295 e. The molecule has 0 spiro atoms. The zero-order valence-corrected chi connectivity index (χ0v) is 5.88. The fraction of sp³-hybridized carbons (Fsp3) is 0.667. The Balaban J connectivity index is 2.54. The predicted octanol–water partition coefficient (Wildman–Crippen LogP) is -0.359. The maximum Gasteiger partial charge on any atom is 0.295 e. The van der Waals surface area contributed by atoms with E-state index in [1.807, 2.05) is 0 Å². The van der Waals surface area contributed by atoms with Crippen LogP contribution in [0.3, 0.4) is 0 Å². The Morgan fingerprint density at radius 3 is 2.60 bits per heavy atom. The van der Waals surface area contributed by atoms with Crippen molar-refractivity contribution in [2.75, 3.05) is 0 Å². The normalized spacial score (nSPS) is 28.2. The third kappa shape index (κ3) is 0.761. The van der Waals surface area contributed by atoms with Crippen molar-refractivity contribution in [1.82, 2.24) is 5.32 Å². The summed E-state index contributed by atoms with van der Waals surface area (Å²) >= 11 is 0. The van der Waals surface area contributed by atoms with Gasteiger partial charge in [-0.25, -0.2) is 0 Å². The first-order valence-corrected chi connectivity index (χ1v) is 2.99. The van der Waals surface area contributed by atoms with Crippen LogP contribution in [0.25, 0.3) is 0 Å². The molecule has 0 aromatic carbocycles. The number of carbonyl (C=O) groups excluding carboxylic acids is 2. The molecule has 1 saturated heterocycles. The first-order chi connectivity index (χ1) is 4.59. The van der Waals surface area contributed by atoms with Crippen molar-refractivity contribution in [3.63, 3.8) is 0 Å². The number of carbonyl (C=O) groups is 2. The summed E-state index contributed by atoms with van der Waals surface area (Å²) in [6, 6.07) is 0. The van der Waals surface area contributed by atoms with Crippen LogP contribution in [0, 0.1) is 5.41 Å². The van der Waals surface area contributed by atoms with E-state index in [0.717, 1.165) is 0 Å². The second-order valence-electron chi connectivity index (χ2n) is 2.81. The lowest BCUT2D eigenvalue weighted by atomic mass is 9.83. The van der Waals surface area contributed by atoms with E-state index in [-0.39, 0.29) is 5.91 Å². The Kier molecular flexibility index (Phi) is 1.39. The van der Waals surface area contributed by atoms with Crippen LogP contribution in [0.5, 0.6) is 0 Å². The number of ether oxygens (including phenoxy) is 1. The lowest BCUT2D eigenvalue weighted by Crippen LogP contribution is -2.65. The van der Waals surface area contributed by atoms with Crippen LogP contribution >= 0.6 is 0 Å². The summed E-state index contributed by atoms with van der Waals surface area (Å²) in [7, 11) is 0. The average Bonchev–Trinajstić information content (AvgIpc) is 1.88. The molecule has 1 unspecified atom stereocenters. The van der Waals surface area contributed by atoms with E-state index in [1.165, 1.54) is 0 Å². The zero-order valence-electron chi connectivity index (χ0n) is 5.88. The summed E-state index contributed by atoms with van der Waals surface area (Å²) in [5, 5.41) is 2.44. The quantitative estimate of drug-likeness (QED) is 0.424. The molecule has 4 nitrogen and oxygen atoms in total. The minimum Gasteiger partial charge on any atom is -0.443 e. The van der Waals surface area contributed by atoms with Crippen LogP contribution in [0.15, 0.2) is 0 Å². The zero-order chi connectivity index (χ0) is 7.78. The molecule has 1 aliphatic heterocycles.